The van der Waals surface area contributed by atoms with Gasteiger partial charge in [-0.2, -0.15) is 0 Å². The van der Waals surface area contributed by atoms with Crippen molar-refractivity contribution in [1.29, 1.82) is 0 Å². The number of rotatable bonds is 0. The van der Waals surface area contributed by atoms with Gasteiger partial charge in [-0.3, -0.25) is 10.3 Å². The van der Waals surface area contributed by atoms with Gasteiger partial charge in [-0.1, -0.05) is 0 Å². The average molecular weight is 258 g/mol. The third kappa shape index (κ3) is 19.8. The van der Waals surface area contributed by atoms with Gasteiger partial charge in [-0.05, 0) is 19.3 Å². The van der Waals surface area contributed by atoms with E-state index in [-0.39, 0.29) is 0 Å². The van der Waals surface area contributed by atoms with Gasteiger partial charge in [-0.25, -0.2) is 0 Å². The van der Waals surface area contributed by atoms with Gasteiger partial charge in [0, 0.05) is 0 Å². The quantitative estimate of drug-likeness (QED) is 0.306. The van der Waals surface area contributed by atoms with E-state index in [0.29, 0.717) is 0 Å². The average Bonchev–Trinajstić information content (AvgIpc) is 2.00. The molecular formula is C6H13F6N2P. The normalized spacial score (nSPS) is 21.9. The molecule has 1 saturated heterocycles. The van der Waals surface area contributed by atoms with E-state index < -0.39 is 7.81 Å². The molecule has 0 saturated carbocycles. The molecule has 2 nitrogen and oxygen atoms in total. The number of hydrogen-bond donors (Lipinski definition) is 1. The Hall–Kier alpha value is -0.520. The maximum atomic E-state index is 9.87. The molecule has 0 bridgehead atoms. The zero-order valence-corrected chi connectivity index (χ0v) is 8.75. The first-order chi connectivity index (χ1) is 6.38. The van der Waals surface area contributed by atoms with E-state index >= 15 is 0 Å². The predicted molar refractivity (Wildman–Crippen MR) is 47.7 cm³/mol. The van der Waals surface area contributed by atoms with Crippen molar-refractivity contribution < 1.29 is 29.8 Å². The summed E-state index contributed by atoms with van der Waals surface area (Å²) >= 11 is 0. The molecule has 9 heteroatoms. The van der Waals surface area contributed by atoms with Crippen LogP contribution in [-0.4, -0.2) is 24.0 Å². The third-order valence-electron chi connectivity index (χ3n) is 1.60. The summed E-state index contributed by atoms with van der Waals surface area (Å²) in [6.45, 7) is 2.33. The van der Waals surface area contributed by atoms with Crippen LogP contribution in [0.5, 0.6) is 0 Å². The van der Waals surface area contributed by atoms with Crippen LogP contribution in [0.3, 0.4) is 0 Å². The molecule has 0 aromatic heterocycles. The van der Waals surface area contributed by atoms with Crippen molar-refractivity contribution in [2.75, 3.05) is 13.1 Å². The molecule has 1 heterocycles. The Morgan fingerprint density at radius 2 is 1.20 bits per heavy atom. The Balaban J connectivity index is 0.000000265. The van der Waals surface area contributed by atoms with Gasteiger partial charge in [0.1, 0.15) is 0 Å². The molecule has 0 aromatic rings. The van der Waals surface area contributed by atoms with Crippen LogP contribution in [-0.2, 0) is 0 Å². The SMILES string of the molecule is F[P-](F)(F)(F)(F)F.NC=[N+]1CCCCC1. The van der Waals surface area contributed by atoms with Crippen LogP contribution in [0.25, 0.3) is 0 Å². The van der Waals surface area contributed by atoms with E-state index in [1.807, 2.05) is 0 Å². The largest absolute Gasteiger partial charge is 0.294 e. The first-order valence-corrected chi connectivity index (χ1v) is 6.27. The van der Waals surface area contributed by atoms with E-state index in [2.05, 4.69) is 4.58 Å². The van der Waals surface area contributed by atoms with Crippen molar-refractivity contribution in [3.8, 4) is 0 Å². The van der Waals surface area contributed by atoms with E-state index in [4.69, 9.17) is 5.73 Å². The van der Waals surface area contributed by atoms with Crippen LogP contribution in [0.15, 0.2) is 0 Å². The Morgan fingerprint density at radius 1 is 0.867 bits per heavy atom. The van der Waals surface area contributed by atoms with E-state index in [1.165, 1.54) is 19.3 Å². The molecule has 2 N–H and O–H groups in total. The Kier molecular flexibility index (Phi) is 3.68. The molecule has 0 radical (unpaired) electrons. The fourth-order valence-electron chi connectivity index (χ4n) is 1.07. The van der Waals surface area contributed by atoms with Gasteiger partial charge < -0.3 is 0 Å². The molecular weight excluding hydrogens is 245 g/mol. The molecule has 0 amide bonds. The summed E-state index contributed by atoms with van der Waals surface area (Å²) in [5.74, 6) is 0. The summed E-state index contributed by atoms with van der Waals surface area (Å²) in [4.78, 5) is 0. The Bertz CT molecular complexity index is 222. The summed E-state index contributed by atoms with van der Waals surface area (Å²) in [5.41, 5.74) is 5.30. The van der Waals surface area contributed by atoms with Crippen molar-refractivity contribution in [3.63, 3.8) is 0 Å². The molecule has 1 fully saturated rings. The van der Waals surface area contributed by atoms with Crippen molar-refractivity contribution in [2.24, 2.45) is 5.73 Å². The maximum absolute atomic E-state index is 10.7. The topological polar surface area (TPSA) is 29.0 Å². The number of halogens is 6. The first-order valence-electron chi connectivity index (χ1n) is 4.24. The minimum absolute atomic E-state index is 1.16. The van der Waals surface area contributed by atoms with Crippen molar-refractivity contribution in [3.05, 3.63) is 0 Å². The fourth-order valence-corrected chi connectivity index (χ4v) is 1.07. The molecule has 15 heavy (non-hydrogen) atoms. The summed E-state index contributed by atoms with van der Waals surface area (Å²) < 4.78 is 61.4. The van der Waals surface area contributed by atoms with Crippen molar-refractivity contribution in [2.45, 2.75) is 19.3 Å². The van der Waals surface area contributed by atoms with E-state index in [0.717, 1.165) is 13.1 Å². The minimum atomic E-state index is -10.7. The summed E-state index contributed by atoms with van der Waals surface area (Å²) in [7, 11) is -10.7. The van der Waals surface area contributed by atoms with Gasteiger partial charge in [0.05, 0.1) is 13.1 Å². The second-order valence-electron chi connectivity index (χ2n) is 3.20. The Morgan fingerprint density at radius 3 is 1.40 bits per heavy atom. The molecule has 0 spiro atoms. The van der Waals surface area contributed by atoms with Crippen LogP contribution in [0.1, 0.15) is 19.3 Å². The molecule has 1 rings (SSSR count). The summed E-state index contributed by atoms with van der Waals surface area (Å²) in [6.07, 6.45) is 5.70. The van der Waals surface area contributed by atoms with Crippen LogP contribution < -0.4 is 5.73 Å². The monoisotopic (exact) mass is 258 g/mol. The number of piperidine rings is 1. The zero-order valence-electron chi connectivity index (χ0n) is 7.85. The molecule has 0 atom stereocenters. The van der Waals surface area contributed by atoms with Crippen LogP contribution in [0, 0.1) is 0 Å². The standard InChI is InChI=1S/C6H12N2.F6P/c7-6-8-4-2-1-3-5-8;1-7(2,3,4,5)6/h6-7H,1-5H2;/q;-1/p+1. The predicted octanol–water partition coefficient (Wildman–Crippen LogP) is 3.55. The minimum Gasteiger partial charge on any atom is -0.294 e. The van der Waals surface area contributed by atoms with Crippen LogP contribution >= 0.6 is 7.81 Å². The first kappa shape index (κ1) is 14.5. The van der Waals surface area contributed by atoms with Crippen molar-refractivity contribution in [1.82, 2.24) is 0 Å². The van der Waals surface area contributed by atoms with Gasteiger partial charge >= 0.3 is 33.0 Å². The fraction of sp³-hybridized carbons (Fsp3) is 0.833. The van der Waals surface area contributed by atoms with Gasteiger partial charge in [0.15, 0.2) is 0 Å². The molecule has 1 aliphatic rings. The number of hydrogen-bond acceptors (Lipinski definition) is 0. The second-order valence-corrected chi connectivity index (χ2v) is 5.12. The van der Waals surface area contributed by atoms with Crippen LogP contribution in [0.2, 0.25) is 0 Å². The molecule has 0 aromatic carbocycles. The summed E-state index contributed by atoms with van der Waals surface area (Å²) in [6, 6.07) is 0. The molecule has 1 aliphatic heterocycles. The van der Waals surface area contributed by atoms with E-state index in [9.17, 15) is 25.2 Å². The van der Waals surface area contributed by atoms with Gasteiger partial charge in [0.25, 0.3) is 0 Å². The third-order valence-corrected chi connectivity index (χ3v) is 1.60. The zero-order chi connectivity index (χ0) is 12.2. The molecule has 0 aliphatic carbocycles. The molecule has 94 valence electrons. The van der Waals surface area contributed by atoms with Crippen LogP contribution in [0.4, 0.5) is 25.2 Å². The van der Waals surface area contributed by atoms with Gasteiger partial charge in [0.2, 0.25) is 6.34 Å². The Labute approximate surface area is 83.0 Å². The maximum Gasteiger partial charge on any atom is 0.229 e. The van der Waals surface area contributed by atoms with E-state index in [1.54, 1.807) is 6.34 Å². The second kappa shape index (κ2) is 3.81. The summed E-state index contributed by atoms with van der Waals surface area (Å²) in [5, 5.41) is 0. The van der Waals surface area contributed by atoms with Crippen molar-refractivity contribution >= 4 is 14.1 Å². The molecule has 0 unspecified atom stereocenters. The van der Waals surface area contributed by atoms with Gasteiger partial charge in [-0.15, -0.1) is 0 Å². The number of nitrogens with zero attached hydrogens (tertiary/aromatic N) is 1. The number of nitrogens with two attached hydrogens (primary N) is 1. The smallest absolute Gasteiger partial charge is 0.229 e.